The fraction of sp³-hybridized carbons (Fsp3) is 0.360. The third-order valence-corrected chi connectivity index (χ3v) is 6.68. The van der Waals surface area contributed by atoms with Crippen molar-refractivity contribution in [1.82, 2.24) is 0 Å². The summed E-state index contributed by atoms with van der Waals surface area (Å²) in [4.78, 5) is 11.8. The lowest BCUT2D eigenvalue weighted by Gasteiger charge is -2.39. The van der Waals surface area contributed by atoms with Crippen molar-refractivity contribution in [2.24, 2.45) is 0 Å². The molecule has 1 unspecified atom stereocenters. The molecule has 0 saturated carbocycles. The van der Waals surface area contributed by atoms with Gasteiger partial charge in [-0.25, -0.2) is 0 Å². The third kappa shape index (κ3) is 7.37. The third-order valence-electron chi connectivity index (χ3n) is 5.68. The van der Waals surface area contributed by atoms with Crippen LogP contribution < -0.4 is 9.63 Å². The summed E-state index contributed by atoms with van der Waals surface area (Å²) in [5.41, 5.74) is 1.14. The van der Waals surface area contributed by atoms with Crippen LogP contribution in [0.15, 0.2) is 72.8 Å². The van der Waals surface area contributed by atoms with Crippen molar-refractivity contribution in [3.05, 3.63) is 78.4 Å². The number of benzene rings is 3. The van der Waals surface area contributed by atoms with Crippen LogP contribution in [0.3, 0.4) is 0 Å². The molecular formula is C25H32NO6P. The number of aliphatic hydroxyl groups is 1. The largest absolute Gasteiger partial charge is 0.756 e. The topological polar surface area (TPSA) is 88.1 Å². The van der Waals surface area contributed by atoms with Gasteiger partial charge in [0, 0.05) is 17.4 Å². The Kier molecular flexibility index (Phi) is 9.03. The molecule has 0 amide bonds. The lowest BCUT2D eigenvalue weighted by molar-refractivity contribution is -0.921. The molecule has 0 spiro atoms. The zero-order chi connectivity index (χ0) is 23.7. The van der Waals surface area contributed by atoms with E-state index in [9.17, 15) is 9.46 Å². The number of hydrogen-bond acceptors (Lipinski definition) is 6. The van der Waals surface area contributed by atoms with Gasteiger partial charge >= 0.3 is 0 Å². The van der Waals surface area contributed by atoms with E-state index in [0.717, 1.165) is 28.5 Å². The molecule has 0 saturated heterocycles. The highest BCUT2D eigenvalue weighted by molar-refractivity contribution is 7.45. The summed E-state index contributed by atoms with van der Waals surface area (Å²) >= 11 is 0. The molecule has 0 heterocycles. The Labute approximate surface area is 195 Å². The summed E-state index contributed by atoms with van der Waals surface area (Å²) in [6.45, 7) is 0.242. The lowest BCUT2D eigenvalue weighted by Crippen LogP contribution is -2.46. The normalized spacial score (nSPS) is 14.7. The van der Waals surface area contributed by atoms with Crippen LogP contribution in [0.2, 0.25) is 0 Å². The quantitative estimate of drug-likeness (QED) is 0.299. The number of rotatable bonds is 13. The van der Waals surface area contributed by atoms with Gasteiger partial charge in [0.1, 0.15) is 24.9 Å². The Morgan fingerprint density at radius 2 is 1.58 bits per heavy atom. The molecule has 0 aliphatic carbocycles. The number of fused-ring (bicyclic) bond motifs is 1. The molecule has 0 aliphatic heterocycles. The van der Waals surface area contributed by atoms with Crippen molar-refractivity contribution in [2.45, 2.75) is 12.5 Å². The smallest absolute Gasteiger partial charge is 0.268 e. The van der Waals surface area contributed by atoms with Gasteiger partial charge < -0.3 is 28.3 Å². The van der Waals surface area contributed by atoms with E-state index in [-0.39, 0.29) is 25.9 Å². The number of likely N-dealkylation sites (N-methyl/N-ethyl adjacent to an activating group) is 1. The fourth-order valence-electron chi connectivity index (χ4n) is 3.93. The number of phosphoric acid groups is 1. The highest BCUT2D eigenvalue weighted by Crippen LogP contribution is 2.38. The van der Waals surface area contributed by atoms with Crippen molar-refractivity contribution in [3.63, 3.8) is 0 Å². The predicted octanol–water partition coefficient (Wildman–Crippen LogP) is 3.92. The van der Waals surface area contributed by atoms with E-state index in [4.69, 9.17) is 14.4 Å². The van der Waals surface area contributed by atoms with E-state index < -0.39 is 7.82 Å². The molecule has 0 aromatic heterocycles. The minimum absolute atomic E-state index is 0.0211. The Bertz CT molecular complexity index is 1050. The fourth-order valence-corrected chi connectivity index (χ4v) is 4.62. The van der Waals surface area contributed by atoms with E-state index in [2.05, 4.69) is 34.9 Å². The summed E-state index contributed by atoms with van der Waals surface area (Å²) in [5, 5.41) is 11.0. The van der Waals surface area contributed by atoms with Crippen molar-refractivity contribution in [3.8, 4) is 5.75 Å². The molecule has 0 fully saturated rings. The number of aliphatic hydroxyl groups excluding tert-OH is 1. The molecule has 2 atom stereocenters. The minimum Gasteiger partial charge on any atom is -0.756 e. The van der Waals surface area contributed by atoms with Crippen molar-refractivity contribution in [2.75, 3.05) is 47.1 Å². The highest BCUT2D eigenvalue weighted by Gasteiger charge is 2.30. The van der Waals surface area contributed by atoms with Crippen LogP contribution in [0.1, 0.15) is 18.0 Å². The maximum atomic E-state index is 11.8. The first-order chi connectivity index (χ1) is 15.8. The Morgan fingerprint density at radius 3 is 2.33 bits per heavy atom. The maximum Gasteiger partial charge on any atom is 0.268 e. The van der Waals surface area contributed by atoms with Crippen LogP contribution in [-0.2, 0) is 13.6 Å². The molecule has 178 valence electrons. The lowest BCUT2D eigenvalue weighted by atomic mass is 10.0. The molecular weight excluding hydrogens is 441 g/mol. The SMILES string of the molecule is C[N+](C)(CCOP(=O)([O-])OCCO)[C@@H](CCOc1cccc2ccccc12)c1ccccc1. The van der Waals surface area contributed by atoms with E-state index in [1.54, 1.807) is 0 Å². The van der Waals surface area contributed by atoms with E-state index in [1.807, 2.05) is 56.6 Å². The van der Waals surface area contributed by atoms with Gasteiger partial charge in [0.15, 0.2) is 0 Å². The van der Waals surface area contributed by atoms with Gasteiger partial charge in [0.25, 0.3) is 7.82 Å². The van der Waals surface area contributed by atoms with Gasteiger partial charge in [-0.05, 0) is 11.5 Å². The first-order valence-electron chi connectivity index (χ1n) is 11.0. The second-order valence-corrected chi connectivity index (χ2v) is 9.79. The number of hydrogen-bond donors (Lipinski definition) is 1. The first-order valence-corrected chi connectivity index (χ1v) is 12.5. The molecule has 0 radical (unpaired) electrons. The minimum atomic E-state index is -4.43. The molecule has 3 aromatic rings. The van der Waals surface area contributed by atoms with Crippen molar-refractivity contribution >= 4 is 18.6 Å². The highest BCUT2D eigenvalue weighted by atomic mass is 31.2. The average Bonchev–Trinajstić information content (AvgIpc) is 2.81. The second kappa shape index (κ2) is 11.7. The van der Waals surface area contributed by atoms with Crippen LogP contribution in [0.4, 0.5) is 0 Å². The molecule has 1 N–H and O–H groups in total. The first kappa shape index (κ1) is 25.4. The Balaban J connectivity index is 1.67. The van der Waals surface area contributed by atoms with E-state index >= 15 is 0 Å². The molecule has 7 nitrogen and oxygen atoms in total. The average molecular weight is 474 g/mol. The van der Waals surface area contributed by atoms with Crippen molar-refractivity contribution < 1.29 is 32.8 Å². The number of nitrogens with zero attached hydrogens (tertiary/aromatic N) is 1. The second-order valence-electron chi connectivity index (χ2n) is 8.38. The van der Waals surface area contributed by atoms with Crippen molar-refractivity contribution in [1.29, 1.82) is 0 Å². The Morgan fingerprint density at radius 1 is 0.909 bits per heavy atom. The van der Waals surface area contributed by atoms with Gasteiger partial charge in [-0.1, -0.05) is 66.7 Å². The monoisotopic (exact) mass is 473 g/mol. The summed E-state index contributed by atoms with van der Waals surface area (Å²) in [7, 11) is -0.337. The summed E-state index contributed by atoms with van der Waals surface area (Å²) in [5.74, 6) is 0.849. The maximum absolute atomic E-state index is 11.8. The summed E-state index contributed by atoms with van der Waals surface area (Å²) in [6, 6.07) is 24.3. The zero-order valence-corrected chi connectivity index (χ0v) is 20.0. The van der Waals surface area contributed by atoms with Gasteiger partial charge in [-0.2, -0.15) is 0 Å². The Hall–Kier alpha value is -2.25. The van der Waals surface area contributed by atoms with Crippen LogP contribution in [-0.4, -0.2) is 56.7 Å². The zero-order valence-electron chi connectivity index (χ0n) is 19.1. The van der Waals surface area contributed by atoms with Gasteiger partial charge in [0.05, 0.1) is 33.9 Å². The predicted molar refractivity (Wildman–Crippen MR) is 127 cm³/mol. The van der Waals surface area contributed by atoms with Gasteiger partial charge in [-0.3, -0.25) is 4.57 Å². The number of ether oxygens (including phenoxy) is 1. The van der Waals surface area contributed by atoms with Crippen LogP contribution >= 0.6 is 7.82 Å². The molecule has 0 aliphatic rings. The van der Waals surface area contributed by atoms with Gasteiger partial charge in [0.2, 0.25) is 0 Å². The standard InChI is InChI=1S/C25H32NO6P/c1-26(2,16-19-31-33(28,29)32-20-17-27)24(22-10-4-3-5-11-22)15-18-30-25-14-8-12-21-9-6-7-13-23(21)25/h3-14,24,27H,15-20H2,1-2H3/t24-/m0/s1. The molecule has 8 heteroatoms. The summed E-state index contributed by atoms with van der Waals surface area (Å²) in [6.07, 6.45) is 0.732. The van der Waals surface area contributed by atoms with Gasteiger partial charge in [-0.15, -0.1) is 0 Å². The van der Waals surface area contributed by atoms with Crippen LogP contribution in [0.25, 0.3) is 10.8 Å². The number of quaternary nitrogens is 1. The molecule has 3 rings (SSSR count). The molecule has 0 bridgehead atoms. The molecule has 33 heavy (non-hydrogen) atoms. The van der Waals surface area contributed by atoms with Crippen LogP contribution in [0, 0.1) is 0 Å². The van der Waals surface area contributed by atoms with E-state index in [1.165, 1.54) is 0 Å². The number of phosphoric ester groups is 1. The summed E-state index contributed by atoms with van der Waals surface area (Å²) < 4.78 is 28.1. The van der Waals surface area contributed by atoms with Crippen LogP contribution in [0.5, 0.6) is 5.75 Å². The molecule has 3 aromatic carbocycles. The van der Waals surface area contributed by atoms with E-state index in [0.29, 0.717) is 17.6 Å².